The SMILES string of the molecule is CCn1ncc(CN(C)C(=O)c2nc(Cl)nc3ccc(Cl)cc23)c1C. The van der Waals surface area contributed by atoms with E-state index in [0.717, 1.165) is 17.8 Å². The fourth-order valence-corrected chi connectivity index (χ4v) is 3.05. The standard InChI is InChI=1S/C17H17Cl2N5O/c1-4-24-10(2)11(8-20-24)9-23(3)16(25)15-13-7-12(18)5-6-14(13)21-17(19)22-15/h5-8H,4,9H2,1-3H3. The molecular weight excluding hydrogens is 361 g/mol. The third kappa shape index (κ3) is 3.45. The third-order valence-electron chi connectivity index (χ3n) is 4.09. The first kappa shape index (κ1) is 17.6. The van der Waals surface area contributed by atoms with Gasteiger partial charge in [-0.2, -0.15) is 5.10 Å². The first-order valence-electron chi connectivity index (χ1n) is 7.80. The van der Waals surface area contributed by atoms with Crippen LogP contribution in [0, 0.1) is 6.92 Å². The lowest BCUT2D eigenvalue weighted by atomic mass is 10.1. The Kier molecular flexibility index (Phi) is 4.92. The molecule has 0 radical (unpaired) electrons. The van der Waals surface area contributed by atoms with Crippen LogP contribution in [0.2, 0.25) is 10.3 Å². The van der Waals surface area contributed by atoms with Crippen molar-refractivity contribution < 1.29 is 4.79 Å². The van der Waals surface area contributed by atoms with Gasteiger partial charge in [-0.1, -0.05) is 11.6 Å². The first-order chi connectivity index (χ1) is 11.9. The van der Waals surface area contributed by atoms with Crippen LogP contribution in [0.25, 0.3) is 10.9 Å². The van der Waals surface area contributed by atoms with Gasteiger partial charge in [0.15, 0.2) is 0 Å². The minimum Gasteiger partial charge on any atom is -0.336 e. The monoisotopic (exact) mass is 377 g/mol. The van der Waals surface area contributed by atoms with E-state index in [1.807, 2.05) is 18.5 Å². The molecule has 3 aromatic rings. The van der Waals surface area contributed by atoms with Gasteiger partial charge in [0.05, 0.1) is 11.7 Å². The maximum Gasteiger partial charge on any atom is 0.273 e. The minimum atomic E-state index is -0.250. The number of aromatic nitrogens is 4. The van der Waals surface area contributed by atoms with Crippen molar-refractivity contribution in [2.75, 3.05) is 7.05 Å². The molecule has 3 rings (SSSR count). The van der Waals surface area contributed by atoms with Crippen molar-refractivity contribution in [2.24, 2.45) is 0 Å². The maximum absolute atomic E-state index is 12.9. The average Bonchev–Trinajstić information content (AvgIpc) is 2.93. The Balaban J connectivity index is 1.95. The molecule has 0 aliphatic heterocycles. The third-order valence-corrected chi connectivity index (χ3v) is 4.50. The Bertz CT molecular complexity index is 954. The van der Waals surface area contributed by atoms with Crippen LogP contribution >= 0.6 is 23.2 Å². The Morgan fingerprint density at radius 3 is 2.72 bits per heavy atom. The highest BCUT2D eigenvalue weighted by Crippen LogP contribution is 2.23. The fraction of sp³-hybridized carbons (Fsp3) is 0.294. The van der Waals surface area contributed by atoms with Crippen LogP contribution in [0.15, 0.2) is 24.4 Å². The summed E-state index contributed by atoms with van der Waals surface area (Å²) in [5, 5.41) is 5.43. The molecule has 0 aliphatic carbocycles. The van der Waals surface area contributed by atoms with Crippen molar-refractivity contribution in [3.63, 3.8) is 0 Å². The molecule has 0 aliphatic rings. The van der Waals surface area contributed by atoms with E-state index in [1.54, 1.807) is 36.3 Å². The van der Waals surface area contributed by atoms with Crippen molar-refractivity contribution in [1.29, 1.82) is 0 Å². The Labute approximate surface area is 155 Å². The summed E-state index contributed by atoms with van der Waals surface area (Å²) in [6, 6.07) is 5.10. The van der Waals surface area contributed by atoms with E-state index in [1.165, 1.54) is 0 Å². The Morgan fingerprint density at radius 1 is 1.28 bits per heavy atom. The summed E-state index contributed by atoms with van der Waals surface area (Å²) in [5.41, 5.74) is 2.84. The quantitative estimate of drug-likeness (QED) is 0.649. The first-order valence-corrected chi connectivity index (χ1v) is 8.55. The van der Waals surface area contributed by atoms with E-state index in [9.17, 15) is 4.79 Å². The second kappa shape index (κ2) is 6.98. The molecule has 2 heterocycles. The second-order valence-electron chi connectivity index (χ2n) is 5.73. The van der Waals surface area contributed by atoms with Gasteiger partial charge in [0.2, 0.25) is 5.28 Å². The van der Waals surface area contributed by atoms with Crippen LogP contribution in [0.3, 0.4) is 0 Å². The van der Waals surface area contributed by atoms with Crippen LogP contribution in [0.5, 0.6) is 0 Å². The average molecular weight is 378 g/mol. The number of nitrogens with zero attached hydrogens (tertiary/aromatic N) is 5. The molecule has 0 fully saturated rings. The number of benzene rings is 1. The van der Waals surface area contributed by atoms with Gasteiger partial charge in [-0.3, -0.25) is 9.48 Å². The summed E-state index contributed by atoms with van der Waals surface area (Å²) in [4.78, 5) is 22.8. The van der Waals surface area contributed by atoms with E-state index in [4.69, 9.17) is 23.2 Å². The molecule has 0 N–H and O–H groups in total. The number of rotatable bonds is 4. The zero-order valence-electron chi connectivity index (χ0n) is 14.1. The normalized spacial score (nSPS) is 11.1. The number of hydrogen-bond acceptors (Lipinski definition) is 4. The number of amides is 1. The molecule has 0 unspecified atom stereocenters. The van der Waals surface area contributed by atoms with Gasteiger partial charge < -0.3 is 4.90 Å². The van der Waals surface area contributed by atoms with Crippen LogP contribution in [0.4, 0.5) is 0 Å². The van der Waals surface area contributed by atoms with Gasteiger partial charge in [-0.15, -0.1) is 0 Å². The Hall–Kier alpha value is -2.18. The smallest absolute Gasteiger partial charge is 0.273 e. The lowest BCUT2D eigenvalue weighted by Crippen LogP contribution is -2.27. The topological polar surface area (TPSA) is 63.9 Å². The van der Waals surface area contributed by atoms with E-state index in [2.05, 4.69) is 15.1 Å². The number of fused-ring (bicyclic) bond motifs is 1. The van der Waals surface area contributed by atoms with Crippen LogP contribution in [0.1, 0.15) is 28.7 Å². The molecule has 0 atom stereocenters. The van der Waals surface area contributed by atoms with Gasteiger partial charge in [0, 0.05) is 41.8 Å². The molecule has 0 spiro atoms. The molecule has 6 nitrogen and oxygen atoms in total. The van der Waals surface area contributed by atoms with Gasteiger partial charge >= 0.3 is 0 Å². The van der Waals surface area contributed by atoms with Crippen molar-refractivity contribution in [1.82, 2.24) is 24.6 Å². The highest BCUT2D eigenvalue weighted by atomic mass is 35.5. The van der Waals surface area contributed by atoms with Crippen LogP contribution in [-0.4, -0.2) is 37.6 Å². The lowest BCUT2D eigenvalue weighted by molar-refractivity contribution is 0.0781. The maximum atomic E-state index is 12.9. The van der Waals surface area contributed by atoms with E-state index >= 15 is 0 Å². The molecule has 1 aromatic carbocycles. The summed E-state index contributed by atoms with van der Waals surface area (Å²) in [5.74, 6) is -0.250. The van der Waals surface area contributed by atoms with Gasteiger partial charge in [0.1, 0.15) is 5.69 Å². The van der Waals surface area contributed by atoms with Crippen molar-refractivity contribution >= 4 is 40.0 Å². The largest absolute Gasteiger partial charge is 0.336 e. The molecule has 8 heteroatoms. The lowest BCUT2D eigenvalue weighted by Gasteiger charge is -2.17. The van der Waals surface area contributed by atoms with Crippen molar-refractivity contribution in [3.05, 3.63) is 51.7 Å². The molecule has 0 saturated heterocycles. The number of carbonyl (C=O) groups excluding carboxylic acids is 1. The molecule has 2 aromatic heterocycles. The zero-order chi connectivity index (χ0) is 18.1. The summed E-state index contributed by atoms with van der Waals surface area (Å²) in [6.07, 6.45) is 1.78. The summed E-state index contributed by atoms with van der Waals surface area (Å²) < 4.78 is 1.89. The van der Waals surface area contributed by atoms with E-state index in [0.29, 0.717) is 22.5 Å². The van der Waals surface area contributed by atoms with E-state index in [-0.39, 0.29) is 16.9 Å². The molecule has 0 bridgehead atoms. The van der Waals surface area contributed by atoms with Gasteiger partial charge in [0.25, 0.3) is 5.91 Å². The molecule has 130 valence electrons. The summed E-state index contributed by atoms with van der Waals surface area (Å²) in [7, 11) is 1.72. The number of carbonyl (C=O) groups is 1. The van der Waals surface area contributed by atoms with Crippen molar-refractivity contribution in [2.45, 2.75) is 26.9 Å². The van der Waals surface area contributed by atoms with Gasteiger partial charge in [-0.05, 0) is 43.6 Å². The number of hydrogen-bond donors (Lipinski definition) is 0. The number of aryl methyl sites for hydroxylation is 1. The molecule has 0 saturated carbocycles. The highest BCUT2D eigenvalue weighted by Gasteiger charge is 2.20. The van der Waals surface area contributed by atoms with Gasteiger partial charge in [-0.25, -0.2) is 9.97 Å². The van der Waals surface area contributed by atoms with E-state index < -0.39 is 0 Å². The predicted molar refractivity (Wildman–Crippen MR) is 98.0 cm³/mol. The van der Waals surface area contributed by atoms with Crippen molar-refractivity contribution in [3.8, 4) is 0 Å². The van der Waals surface area contributed by atoms with Crippen LogP contribution < -0.4 is 0 Å². The fourth-order valence-electron chi connectivity index (χ4n) is 2.70. The number of halogens is 2. The van der Waals surface area contributed by atoms with Crippen LogP contribution in [-0.2, 0) is 13.1 Å². The predicted octanol–water partition coefficient (Wildman–Crippen LogP) is 3.73. The zero-order valence-corrected chi connectivity index (χ0v) is 15.6. The minimum absolute atomic E-state index is 0.0292. The molecular formula is C17H17Cl2N5O. The molecule has 1 amide bonds. The Morgan fingerprint density at radius 2 is 2.04 bits per heavy atom. The summed E-state index contributed by atoms with van der Waals surface area (Å²) in [6.45, 7) is 5.22. The molecule has 25 heavy (non-hydrogen) atoms. The highest BCUT2D eigenvalue weighted by molar-refractivity contribution is 6.32. The second-order valence-corrected chi connectivity index (χ2v) is 6.51. The summed E-state index contributed by atoms with van der Waals surface area (Å²) >= 11 is 12.0.